The first kappa shape index (κ1) is 15.5. The molecule has 1 unspecified atom stereocenters. The third-order valence-corrected chi connectivity index (χ3v) is 3.72. The summed E-state index contributed by atoms with van der Waals surface area (Å²) in [7, 11) is 0. The molecule has 20 heavy (non-hydrogen) atoms. The summed E-state index contributed by atoms with van der Waals surface area (Å²) in [6, 6.07) is 4.28. The molecule has 1 saturated heterocycles. The molecule has 1 amide bonds. The highest BCUT2D eigenvalue weighted by Gasteiger charge is 2.42. The highest BCUT2D eigenvalue weighted by Crippen LogP contribution is 2.25. The van der Waals surface area contributed by atoms with E-state index < -0.39 is 30.8 Å². The van der Waals surface area contributed by atoms with E-state index in [0.29, 0.717) is 23.0 Å². The van der Waals surface area contributed by atoms with Crippen LogP contribution in [0.5, 0.6) is 0 Å². The van der Waals surface area contributed by atoms with Gasteiger partial charge in [-0.3, -0.25) is 10.1 Å². The molecule has 1 aromatic rings. The number of hydrogen-bond donors (Lipinski definition) is 2. The van der Waals surface area contributed by atoms with Gasteiger partial charge in [0.2, 0.25) is 5.91 Å². The van der Waals surface area contributed by atoms with Gasteiger partial charge < -0.3 is 5.32 Å². The number of amides is 1. The zero-order valence-electron chi connectivity index (χ0n) is 10.6. The first-order chi connectivity index (χ1) is 9.37. The van der Waals surface area contributed by atoms with E-state index in [2.05, 4.69) is 10.6 Å². The maximum Gasteiger partial charge on any atom is 0.262 e. The zero-order valence-corrected chi connectivity index (χ0v) is 12.1. The molecule has 0 saturated carbocycles. The summed E-state index contributed by atoms with van der Waals surface area (Å²) >= 11 is 11.8. The molecule has 1 aliphatic heterocycles. The predicted molar refractivity (Wildman–Crippen MR) is 74.5 cm³/mol. The summed E-state index contributed by atoms with van der Waals surface area (Å²) < 4.78 is 25.9. The second-order valence-corrected chi connectivity index (χ2v) is 5.61. The molecule has 2 rings (SSSR count). The Morgan fingerprint density at radius 1 is 1.45 bits per heavy atom. The molecular weight excluding hydrogens is 309 g/mol. The van der Waals surface area contributed by atoms with E-state index in [-0.39, 0.29) is 0 Å². The van der Waals surface area contributed by atoms with Gasteiger partial charge in [0.15, 0.2) is 0 Å². The minimum absolute atomic E-state index is 0.337. The average molecular weight is 323 g/mol. The summed E-state index contributed by atoms with van der Waals surface area (Å²) in [5.74, 6) is -3.21. The van der Waals surface area contributed by atoms with E-state index in [1.807, 2.05) is 0 Å². The molecule has 7 heteroatoms. The Kier molecular flexibility index (Phi) is 4.83. The Morgan fingerprint density at radius 3 is 2.80 bits per heavy atom. The zero-order chi connectivity index (χ0) is 14.8. The van der Waals surface area contributed by atoms with E-state index in [1.165, 1.54) is 0 Å². The fraction of sp³-hybridized carbons (Fsp3) is 0.462. The molecule has 1 fully saturated rings. The summed E-state index contributed by atoms with van der Waals surface area (Å²) in [6.45, 7) is -0.113. The first-order valence-corrected chi connectivity index (χ1v) is 6.96. The minimum atomic E-state index is -2.80. The summed E-state index contributed by atoms with van der Waals surface area (Å²) in [5, 5.41) is 6.20. The number of carbonyl (C=O) groups excluding carboxylic acids is 1. The molecule has 1 aromatic carbocycles. The number of nitrogens with one attached hydrogen (secondary N) is 2. The molecule has 0 aliphatic carbocycles. The van der Waals surface area contributed by atoms with Gasteiger partial charge in [0.25, 0.3) is 5.92 Å². The van der Waals surface area contributed by atoms with Crippen molar-refractivity contribution in [2.24, 2.45) is 0 Å². The Labute approximate surface area is 125 Å². The highest BCUT2D eigenvalue weighted by atomic mass is 35.5. The van der Waals surface area contributed by atoms with E-state index in [9.17, 15) is 13.6 Å². The van der Waals surface area contributed by atoms with E-state index >= 15 is 0 Å². The van der Waals surface area contributed by atoms with Gasteiger partial charge in [0, 0.05) is 23.0 Å². The maximum atomic E-state index is 13.0. The fourth-order valence-electron chi connectivity index (χ4n) is 2.07. The van der Waals surface area contributed by atoms with Crippen molar-refractivity contribution in [3.8, 4) is 0 Å². The van der Waals surface area contributed by atoms with Gasteiger partial charge >= 0.3 is 0 Å². The van der Waals surface area contributed by atoms with Gasteiger partial charge in [-0.25, -0.2) is 8.78 Å². The van der Waals surface area contributed by atoms with Gasteiger partial charge in [-0.1, -0.05) is 29.3 Å². The molecular formula is C13H14Cl2F2N2O. The van der Waals surface area contributed by atoms with Crippen LogP contribution in [0.3, 0.4) is 0 Å². The Bertz CT molecular complexity index is 511. The van der Waals surface area contributed by atoms with Crippen molar-refractivity contribution in [2.45, 2.75) is 24.8 Å². The third kappa shape index (κ3) is 4.04. The predicted octanol–water partition coefficient (Wildman–Crippen LogP) is 2.65. The molecule has 1 aliphatic rings. The molecule has 2 N–H and O–H groups in total. The summed E-state index contributed by atoms with van der Waals surface area (Å²) in [5.41, 5.74) is 0.848. The Balaban J connectivity index is 1.80. The van der Waals surface area contributed by atoms with Crippen molar-refractivity contribution in [1.29, 1.82) is 0 Å². The van der Waals surface area contributed by atoms with Crippen LogP contribution in [0.25, 0.3) is 0 Å². The lowest BCUT2D eigenvalue weighted by molar-refractivity contribution is -0.123. The fourth-order valence-corrected chi connectivity index (χ4v) is 2.57. The van der Waals surface area contributed by atoms with Gasteiger partial charge in [-0.2, -0.15) is 0 Å². The molecule has 0 radical (unpaired) electrons. The summed E-state index contributed by atoms with van der Waals surface area (Å²) in [4.78, 5) is 11.7. The molecule has 0 aromatic heterocycles. The number of carbonyl (C=O) groups is 1. The molecule has 110 valence electrons. The van der Waals surface area contributed by atoms with Crippen LogP contribution < -0.4 is 10.6 Å². The van der Waals surface area contributed by atoms with Crippen molar-refractivity contribution in [2.75, 3.05) is 13.1 Å². The van der Waals surface area contributed by atoms with Crippen LogP contribution in [0, 0.1) is 0 Å². The van der Waals surface area contributed by atoms with Crippen LogP contribution >= 0.6 is 23.2 Å². The van der Waals surface area contributed by atoms with Gasteiger partial charge in [0.05, 0.1) is 12.6 Å². The second-order valence-electron chi connectivity index (χ2n) is 4.77. The normalized spacial score (nSPS) is 20.9. The van der Waals surface area contributed by atoms with Gasteiger partial charge in [-0.05, 0) is 24.1 Å². The monoisotopic (exact) mass is 322 g/mol. The van der Waals surface area contributed by atoms with Crippen molar-refractivity contribution in [1.82, 2.24) is 10.6 Å². The largest absolute Gasteiger partial charge is 0.354 e. The lowest BCUT2D eigenvalue weighted by Crippen LogP contribution is -2.41. The topological polar surface area (TPSA) is 41.1 Å². The van der Waals surface area contributed by atoms with Crippen molar-refractivity contribution < 1.29 is 13.6 Å². The van der Waals surface area contributed by atoms with Crippen LogP contribution in [-0.4, -0.2) is 31.0 Å². The summed E-state index contributed by atoms with van der Waals surface area (Å²) in [6.07, 6.45) is 0.0609. The molecule has 3 nitrogen and oxygen atoms in total. The molecule has 0 bridgehead atoms. The lowest BCUT2D eigenvalue weighted by atomic mass is 10.1. The molecule has 1 heterocycles. The van der Waals surface area contributed by atoms with E-state index in [0.717, 1.165) is 5.56 Å². The van der Waals surface area contributed by atoms with Crippen molar-refractivity contribution in [3.63, 3.8) is 0 Å². The Hall–Kier alpha value is -0.910. The minimum Gasteiger partial charge on any atom is -0.354 e. The number of rotatable bonds is 4. The number of hydrogen-bond acceptors (Lipinski definition) is 2. The van der Waals surface area contributed by atoms with Gasteiger partial charge in [-0.15, -0.1) is 0 Å². The van der Waals surface area contributed by atoms with E-state index in [4.69, 9.17) is 23.2 Å². The quantitative estimate of drug-likeness (QED) is 0.894. The number of halogens is 4. The van der Waals surface area contributed by atoms with Crippen LogP contribution in [0.15, 0.2) is 18.2 Å². The Morgan fingerprint density at radius 2 is 2.20 bits per heavy atom. The third-order valence-electron chi connectivity index (χ3n) is 3.14. The average Bonchev–Trinajstić information content (AvgIpc) is 2.72. The van der Waals surface area contributed by atoms with E-state index in [1.54, 1.807) is 18.2 Å². The smallest absolute Gasteiger partial charge is 0.262 e. The van der Waals surface area contributed by atoms with Crippen LogP contribution in [0.2, 0.25) is 10.0 Å². The molecule has 0 spiro atoms. The number of benzene rings is 1. The van der Waals surface area contributed by atoms with Crippen molar-refractivity contribution in [3.05, 3.63) is 33.8 Å². The van der Waals surface area contributed by atoms with Crippen molar-refractivity contribution >= 4 is 29.1 Å². The first-order valence-electron chi connectivity index (χ1n) is 6.20. The maximum absolute atomic E-state index is 13.0. The van der Waals surface area contributed by atoms with Crippen LogP contribution in [-0.2, 0) is 11.2 Å². The lowest BCUT2D eigenvalue weighted by Gasteiger charge is -2.11. The SMILES string of the molecule is O=C(NCCc1ccc(Cl)cc1Cl)C1CC(F)(F)CN1. The standard InChI is InChI=1S/C13H14Cl2F2N2O/c14-9-2-1-8(10(15)5-9)3-4-18-12(20)11-6-13(16,17)7-19-11/h1-2,5,11,19H,3-4,6-7H2,(H,18,20). The van der Waals surface area contributed by atoms with Crippen LogP contribution in [0.1, 0.15) is 12.0 Å². The molecule has 1 atom stereocenters. The highest BCUT2D eigenvalue weighted by molar-refractivity contribution is 6.35. The second kappa shape index (κ2) is 6.24. The van der Waals surface area contributed by atoms with Crippen LogP contribution in [0.4, 0.5) is 8.78 Å². The number of alkyl halides is 2. The van der Waals surface area contributed by atoms with Gasteiger partial charge in [0.1, 0.15) is 0 Å².